The van der Waals surface area contributed by atoms with Gasteiger partial charge in [-0.1, -0.05) is 6.92 Å². The number of carbonyl (C=O) groups is 1. The predicted molar refractivity (Wildman–Crippen MR) is 64.5 cm³/mol. The molecule has 18 heavy (non-hydrogen) atoms. The molecule has 0 spiro atoms. The van der Waals surface area contributed by atoms with E-state index in [1.54, 1.807) is 6.92 Å². The number of aliphatic hydroxyl groups excluding tert-OH is 1. The third-order valence-corrected chi connectivity index (χ3v) is 3.11. The van der Waals surface area contributed by atoms with E-state index >= 15 is 0 Å². The lowest BCUT2D eigenvalue weighted by Crippen LogP contribution is -2.42. The summed E-state index contributed by atoms with van der Waals surface area (Å²) in [4.78, 5) is 17.5. The molecule has 1 aromatic heterocycles. The van der Waals surface area contributed by atoms with Crippen molar-refractivity contribution in [3.8, 4) is 0 Å². The molecule has 0 aromatic carbocycles. The Kier molecular flexibility index (Phi) is 3.86. The first-order chi connectivity index (χ1) is 8.61. The second-order valence-corrected chi connectivity index (χ2v) is 4.52. The number of hydrogen-bond donors (Lipinski definition) is 1. The standard InChI is InChI=1S/C12H18N2O4/c1-3-17-11(16)9-7-18-12(13-9)14-5-4-10(15)8(2)6-14/h7-8,10,15H,3-6H2,1-2H3. The van der Waals surface area contributed by atoms with Crippen LogP contribution in [-0.4, -0.2) is 41.9 Å². The summed E-state index contributed by atoms with van der Waals surface area (Å²) >= 11 is 0. The maximum Gasteiger partial charge on any atom is 0.360 e. The molecule has 2 heterocycles. The van der Waals surface area contributed by atoms with Gasteiger partial charge in [0.05, 0.1) is 12.7 Å². The van der Waals surface area contributed by atoms with Crippen LogP contribution in [0, 0.1) is 5.92 Å². The van der Waals surface area contributed by atoms with E-state index in [0.717, 1.165) is 0 Å². The molecule has 2 rings (SSSR count). The first-order valence-electron chi connectivity index (χ1n) is 6.17. The fraction of sp³-hybridized carbons (Fsp3) is 0.667. The highest BCUT2D eigenvalue weighted by Crippen LogP contribution is 2.22. The van der Waals surface area contributed by atoms with Crippen molar-refractivity contribution < 1.29 is 19.1 Å². The van der Waals surface area contributed by atoms with Gasteiger partial charge in [-0.2, -0.15) is 4.98 Å². The third kappa shape index (κ3) is 2.64. The van der Waals surface area contributed by atoms with Crippen molar-refractivity contribution in [3.63, 3.8) is 0 Å². The summed E-state index contributed by atoms with van der Waals surface area (Å²) in [7, 11) is 0. The van der Waals surface area contributed by atoms with Gasteiger partial charge in [-0.15, -0.1) is 0 Å². The largest absolute Gasteiger partial charge is 0.461 e. The average molecular weight is 254 g/mol. The molecular weight excluding hydrogens is 236 g/mol. The van der Waals surface area contributed by atoms with Gasteiger partial charge < -0.3 is 19.2 Å². The topological polar surface area (TPSA) is 75.8 Å². The van der Waals surface area contributed by atoms with Crippen LogP contribution in [0.25, 0.3) is 0 Å². The maximum atomic E-state index is 11.5. The molecule has 2 atom stereocenters. The maximum absolute atomic E-state index is 11.5. The number of aromatic nitrogens is 1. The third-order valence-electron chi connectivity index (χ3n) is 3.11. The molecular formula is C12H18N2O4. The number of esters is 1. The van der Waals surface area contributed by atoms with Crippen LogP contribution in [0.3, 0.4) is 0 Å². The fourth-order valence-electron chi connectivity index (χ4n) is 2.02. The van der Waals surface area contributed by atoms with E-state index in [4.69, 9.17) is 9.15 Å². The Bertz CT molecular complexity index is 418. The van der Waals surface area contributed by atoms with Crippen molar-refractivity contribution in [2.45, 2.75) is 26.4 Å². The van der Waals surface area contributed by atoms with Gasteiger partial charge in [-0.3, -0.25) is 0 Å². The van der Waals surface area contributed by atoms with Crippen LogP contribution in [0.5, 0.6) is 0 Å². The van der Waals surface area contributed by atoms with Crippen molar-refractivity contribution in [3.05, 3.63) is 12.0 Å². The summed E-state index contributed by atoms with van der Waals surface area (Å²) < 4.78 is 10.1. The van der Waals surface area contributed by atoms with Crippen LogP contribution < -0.4 is 4.90 Å². The molecule has 6 nitrogen and oxygen atoms in total. The molecule has 0 saturated carbocycles. The molecule has 1 aliphatic rings. The number of hydrogen-bond acceptors (Lipinski definition) is 6. The Labute approximate surface area is 106 Å². The van der Waals surface area contributed by atoms with Crippen LogP contribution >= 0.6 is 0 Å². The first-order valence-corrected chi connectivity index (χ1v) is 6.17. The number of oxazole rings is 1. The van der Waals surface area contributed by atoms with Gasteiger partial charge in [0.25, 0.3) is 6.01 Å². The SMILES string of the molecule is CCOC(=O)c1coc(N2CCC(O)C(C)C2)n1. The zero-order valence-corrected chi connectivity index (χ0v) is 10.6. The predicted octanol–water partition coefficient (Wildman–Crippen LogP) is 1.06. The van der Waals surface area contributed by atoms with Crippen molar-refractivity contribution in [2.75, 3.05) is 24.6 Å². The summed E-state index contributed by atoms with van der Waals surface area (Å²) in [5, 5.41) is 9.65. The van der Waals surface area contributed by atoms with E-state index < -0.39 is 5.97 Å². The van der Waals surface area contributed by atoms with Gasteiger partial charge in [0.1, 0.15) is 6.26 Å². The molecule has 1 fully saturated rings. The second-order valence-electron chi connectivity index (χ2n) is 4.52. The second kappa shape index (κ2) is 5.39. The quantitative estimate of drug-likeness (QED) is 0.813. The summed E-state index contributed by atoms with van der Waals surface area (Å²) in [5.41, 5.74) is 0.186. The monoisotopic (exact) mass is 254 g/mol. The van der Waals surface area contributed by atoms with E-state index in [9.17, 15) is 9.90 Å². The van der Waals surface area contributed by atoms with Gasteiger partial charge in [-0.05, 0) is 19.3 Å². The molecule has 0 amide bonds. The van der Waals surface area contributed by atoms with E-state index in [2.05, 4.69) is 4.98 Å². The van der Waals surface area contributed by atoms with Crippen molar-refractivity contribution in [1.29, 1.82) is 0 Å². The van der Waals surface area contributed by atoms with Gasteiger partial charge >= 0.3 is 5.97 Å². The number of anilines is 1. The average Bonchev–Trinajstić information content (AvgIpc) is 2.82. The summed E-state index contributed by atoms with van der Waals surface area (Å²) in [6.07, 6.45) is 1.71. The minimum atomic E-state index is -0.474. The van der Waals surface area contributed by atoms with E-state index in [0.29, 0.717) is 32.1 Å². The number of aliphatic hydroxyl groups is 1. The van der Waals surface area contributed by atoms with Crippen LogP contribution in [0.4, 0.5) is 6.01 Å². The fourth-order valence-corrected chi connectivity index (χ4v) is 2.02. The van der Waals surface area contributed by atoms with Crippen LogP contribution in [0.15, 0.2) is 10.7 Å². The Morgan fingerprint density at radius 2 is 2.50 bits per heavy atom. The minimum absolute atomic E-state index is 0.164. The Morgan fingerprint density at radius 3 is 3.17 bits per heavy atom. The van der Waals surface area contributed by atoms with Crippen LogP contribution in [0.1, 0.15) is 30.8 Å². The Hall–Kier alpha value is -1.56. The lowest BCUT2D eigenvalue weighted by Gasteiger charge is -2.33. The van der Waals surface area contributed by atoms with Crippen LogP contribution in [0.2, 0.25) is 0 Å². The summed E-state index contributed by atoms with van der Waals surface area (Å²) in [5.74, 6) is -0.311. The zero-order chi connectivity index (χ0) is 13.1. The summed E-state index contributed by atoms with van der Waals surface area (Å²) in [6, 6.07) is 0.414. The molecule has 0 radical (unpaired) electrons. The van der Waals surface area contributed by atoms with Crippen molar-refractivity contribution in [2.24, 2.45) is 5.92 Å². The Morgan fingerprint density at radius 1 is 1.72 bits per heavy atom. The molecule has 1 saturated heterocycles. The lowest BCUT2D eigenvalue weighted by molar-refractivity contribution is 0.0519. The highest BCUT2D eigenvalue weighted by Gasteiger charge is 2.27. The molecule has 0 aliphatic carbocycles. The lowest BCUT2D eigenvalue weighted by atomic mass is 9.97. The number of ether oxygens (including phenoxy) is 1. The van der Waals surface area contributed by atoms with Gasteiger partial charge in [0.2, 0.25) is 0 Å². The smallest absolute Gasteiger partial charge is 0.360 e. The Balaban J connectivity index is 2.04. The summed E-state index contributed by atoms with van der Waals surface area (Å²) in [6.45, 7) is 5.38. The zero-order valence-electron chi connectivity index (χ0n) is 10.6. The number of carbonyl (C=O) groups excluding carboxylic acids is 1. The number of rotatable bonds is 3. The minimum Gasteiger partial charge on any atom is -0.461 e. The normalized spacial score (nSPS) is 24.1. The molecule has 1 aromatic rings. The first kappa shape index (κ1) is 12.9. The van der Waals surface area contributed by atoms with E-state index in [-0.39, 0.29) is 17.7 Å². The highest BCUT2D eigenvalue weighted by molar-refractivity contribution is 5.87. The van der Waals surface area contributed by atoms with E-state index in [1.807, 2.05) is 11.8 Å². The van der Waals surface area contributed by atoms with Gasteiger partial charge in [-0.25, -0.2) is 4.79 Å². The molecule has 0 bridgehead atoms. The molecule has 1 N–H and O–H groups in total. The number of piperidine rings is 1. The number of nitrogens with zero attached hydrogens (tertiary/aromatic N) is 2. The van der Waals surface area contributed by atoms with Crippen LogP contribution in [-0.2, 0) is 4.74 Å². The molecule has 100 valence electrons. The van der Waals surface area contributed by atoms with E-state index in [1.165, 1.54) is 6.26 Å². The molecule has 2 unspecified atom stereocenters. The molecule has 1 aliphatic heterocycles. The molecule has 6 heteroatoms. The van der Waals surface area contributed by atoms with Crippen molar-refractivity contribution in [1.82, 2.24) is 4.98 Å². The van der Waals surface area contributed by atoms with Gasteiger partial charge in [0, 0.05) is 13.1 Å². The van der Waals surface area contributed by atoms with Gasteiger partial charge in [0.15, 0.2) is 5.69 Å². The highest BCUT2D eigenvalue weighted by atomic mass is 16.5. The van der Waals surface area contributed by atoms with Crippen molar-refractivity contribution >= 4 is 12.0 Å².